The number of rotatable bonds is 7. The van der Waals surface area contributed by atoms with E-state index in [-0.39, 0.29) is 0 Å². The Morgan fingerprint density at radius 1 is 1.38 bits per heavy atom. The summed E-state index contributed by atoms with van der Waals surface area (Å²) < 4.78 is 2.83. The zero-order valence-corrected chi connectivity index (χ0v) is 14.4. The maximum Gasteiger partial charge on any atom is 0.133 e. The van der Waals surface area contributed by atoms with Crippen LogP contribution in [0.4, 0.5) is 5.82 Å². The second-order valence-electron chi connectivity index (χ2n) is 5.19. The van der Waals surface area contributed by atoms with Gasteiger partial charge in [-0.3, -0.25) is 4.68 Å². The summed E-state index contributed by atoms with van der Waals surface area (Å²) in [6, 6.07) is 2.13. The molecular weight excluding hydrogens is 330 g/mol. The number of nitrogens with one attached hydrogen (secondary N) is 1. The van der Waals surface area contributed by atoms with Crippen molar-refractivity contribution in [1.29, 1.82) is 0 Å². The molecular formula is C15H22BrN5. The summed E-state index contributed by atoms with van der Waals surface area (Å²) in [5.74, 6) is 1.01. The summed E-state index contributed by atoms with van der Waals surface area (Å²) in [5.41, 5.74) is 2.38. The zero-order valence-electron chi connectivity index (χ0n) is 12.8. The van der Waals surface area contributed by atoms with E-state index in [4.69, 9.17) is 0 Å². The Labute approximate surface area is 134 Å². The lowest BCUT2D eigenvalue weighted by Crippen LogP contribution is -2.22. The minimum atomic E-state index is 0.795. The molecule has 0 aliphatic heterocycles. The van der Waals surface area contributed by atoms with Crippen molar-refractivity contribution in [3.63, 3.8) is 0 Å². The molecule has 0 spiro atoms. The lowest BCUT2D eigenvalue weighted by atomic mass is 10.2. The molecule has 0 bridgehead atoms. The fourth-order valence-corrected chi connectivity index (χ4v) is 2.63. The summed E-state index contributed by atoms with van der Waals surface area (Å²) in [6.07, 6.45) is 6.90. The van der Waals surface area contributed by atoms with Gasteiger partial charge in [0.25, 0.3) is 0 Å². The molecule has 2 heterocycles. The highest BCUT2D eigenvalue weighted by molar-refractivity contribution is 9.10. The van der Waals surface area contributed by atoms with Crippen LogP contribution >= 0.6 is 15.9 Å². The van der Waals surface area contributed by atoms with Gasteiger partial charge in [-0.2, -0.15) is 5.10 Å². The molecule has 1 N–H and O–H groups in total. The van der Waals surface area contributed by atoms with Gasteiger partial charge in [0.05, 0.1) is 6.20 Å². The van der Waals surface area contributed by atoms with Gasteiger partial charge in [0.1, 0.15) is 5.82 Å². The number of nitrogens with zero attached hydrogens (tertiary/aromatic N) is 4. The molecule has 0 saturated heterocycles. The Balaban J connectivity index is 2.12. The molecule has 2 aromatic heterocycles. The molecule has 0 atom stereocenters. The van der Waals surface area contributed by atoms with E-state index in [0.29, 0.717) is 0 Å². The van der Waals surface area contributed by atoms with Crippen molar-refractivity contribution >= 4 is 21.7 Å². The summed E-state index contributed by atoms with van der Waals surface area (Å²) in [5, 5.41) is 7.65. The molecule has 0 amide bonds. The van der Waals surface area contributed by atoms with Crippen LogP contribution in [-0.2, 0) is 20.1 Å². The number of aryl methyl sites for hydroxylation is 1. The first-order chi connectivity index (χ1) is 10.1. The van der Waals surface area contributed by atoms with Crippen LogP contribution in [0, 0.1) is 0 Å². The Morgan fingerprint density at radius 2 is 2.19 bits per heavy atom. The van der Waals surface area contributed by atoms with E-state index in [1.54, 1.807) is 0 Å². The molecule has 0 aliphatic rings. The average Bonchev–Trinajstić information content (AvgIpc) is 2.84. The Kier molecular flexibility index (Phi) is 5.76. The summed E-state index contributed by atoms with van der Waals surface area (Å²) in [4.78, 5) is 6.73. The van der Waals surface area contributed by atoms with E-state index in [2.05, 4.69) is 56.3 Å². The minimum absolute atomic E-state index is 0.795. The standard InChI is InChI=1S/C15H22BrN5/c1-4-5-17-8-13-6-14(16)9-18-15(13)20(2)10-12-7-19-21(3)11-12/h6-7,9,11,17H,4-5,8,10H2,1-3H3. The Morgan fingerprint density at radius 3 is 2.86 bits per heavy atom. The molecule has 2 aromatic rings. The Hall–Kier alpha value is -1.40. The van der Waals surface area contributed by atoms with Crippen LogP contribution in [-0.4, -0.2) is 28.4 Å². The first-order valence-corrected chi connectivity index (χ1v) is 7.93. The van der Waals surface area contributed by atoms with E-state index in [0.717, 1.165) is 36.3 Å². The van der Waals surface area contributed by atoms with Crippen molar-refractivity contribution in [1.82, 2.24) is 20.1 Å². The van der Waals surface area contributed by atoms with Crippen molar-refractivity contribution < 1.29 is 0 Å². The zero-order chi connectivity index (χ0) is 15.2. The van der Waals surface area contributed by atoms with Crippen LogP contribution in [0.5, 0.6) is 0 Å². The topological polar surface area (TPSA) is 46.0 Å². The molecule has 21 heavy (non-hydrogen) atoms. The molecule has 0 fully saturated rings. The molecule has 0 radical (unpaired) electrons. The number of halogens is 1. The first-order valence-electron chi connectivity index (χ1n) is 7.14. The van der Waals surface area contributed by atoms with Gasteiger partial charge in [-0.25, -0.2) is 4.98 Å². The first kappa shape index (κ1) is 16.0. The SMILES string of the molecule is CCCNCc1cc(Br)cnc1N(C)Cc1cnn(C)c1. The van der Waals surface area contributed by atoms with E-state index >= 15 is 0 Å². The third-order valence-corrected chi connectivity index (χ3v) is 3.63. The monoisotopic (exact) mass is 351 g/mol. The highest BCUT2D eigenvalue weighted by Crippen LogP contribution is 2.22. The van der Waals surface area contributed by atoms with Gasteiger partial charge in [0.2, 0.25) is 0 Å². The van der Waals surface area contributed by atoms with Crippen LogP contribution < -0.4 is 10.2 Å². The van der Waals surface area contributed by atoms with Gasteiger partial charge in [-0.15, -0.1) is 0 Å². The predicted octanol–water partition coefficient (Wildman–Crippen LogP) is 2.71. The van der Waals surface area contributed by atoms with E-state index < -0.39 is 0 Å². The number of pyridine rings is 1. The van der Waals surface area contributed by atoms with Gasteiger partial charge >= 0.3 is 0 Å². The van der Waals surface area contributed by atoms with Gasteiger partial charge in [-0.1, -0.05) is 6.92 Å². The van der Waals surface area contributed by atoms with Crippen LogP contribution in [0.15, 0.2) is 29.1 Å². The van der Waals surface area contributed by atoms with Crippen molar-refractivity contribution in [2.45, 2.75) is 26.4 Å². The molecule has 0 aromatic carbocycles. The minimum Gasteiger partial charge on any atom is -0.355 e. The van der Waals surface area contributed by atoms with Crippen molar-refractivity contribution in [3.05, 3.63) is 40.3 Å². The maximum atomic E-state index is 4.57. The summed E-state index contributed by atoms with van der Waals surface area (Å²) in [7, 11) is 3.99. The molecule has 0 aliphatic carbocycles. The van der Waals surface area contributed by atoms with Gasteiger partial charge in [0.15, 0.2) is 0 Å². The average molecular weight is 352 g/mol. The Bertz CT molecular complexity index is 581. The lowest BCUT2D eigenvalue weighted by Gasteiger charge is -2.21. The van der Waals surface area contributed by atoms with Crippen molar-refractivity contribution in [3.8, 4) is 0 Å². The second-order valence-corrected chi connectivity index (χ2v) is 6.11. The third kappa shape index (κ3) is 4.54. The van der Waals surface area contributed by atoms with Crippen molar-refractivity contribution in [2.75, 3.05) is 18.5 Å². The smallest absolute Gasteiger partial charge is 0.133 e. The van der Waals surface area contributed by atoms with Crippen LogP contribution in [0.1, 0.15) is 24.5 Å². The largest absolute Gasteiger partial charge is 0.355 e. The molecule has 2 rings (SSSR count). The van der Waals surface area contributed by atoms with Crippen molar-refractivity contribution in [2.24, 2.45) is 7.05 Å². The fourth-order valence-electron chi connectivity index (χ4n) is 2.25. The fraction of sp³-hybridized carbons (Fsp3) is 0.467. The van der Waals surface area contributed by atoms with E-state index in [1.165, 1.54) is 11.1 Å². The van der Waals surface area contributed by atoms with E-state index in [9.17, 15) is 0 Å². The highest BCUT2D eigenvalue weighted by Gasteiger charge is 2.11. The normalized spacial score (nSPS) is 10.9. The quantitative estimate of drug-likeness (QED) is 0.779. The van der Waals surface area contributed by atoms with Crippen LogP contribution in [0.2, 0.25) is 0 Å². The van der Waals surface area contributed by atoms with Crippen LogP contribution in [0.3, 0.4) is 0 Å². The van der Waals surface area contributed by atoms with Gasteiger partial charge in [0, 0.05) is 55.2 Å². The summed E-state index contributed by atoms with van der Waals surface area (Å²) >= 11 is 3.50. The summed E-state index contributed by atoms with van der Waals surface area (Å²) in [6.45, 7) is 4.80. The van der Waals surface area contributed by atoms with Gasteiger partial charge in [-0.05, 0) is 35.0 Å². The number of hydrogen-bond acceptors (Lipinski definition) is 4. The highest BCUT2D eigenvalue weighted by atomic mass is 79.9. The van der Waals surface area contributed by atoms with Crippen LogP contribution in [0.25, 0.3) is 0 Å². The number of anilines is 1. The number of hydrogen-bond donors (Lipinski definition) is 1. The maximum absolute atomic E-state index is 4.57. The molecule has 0 unspecified atom stereocenters. The third-order valence-electron chi connectivity index (χ3n) is 3.19. The number of aromatic nitrogens is 3. The van der Waals surface area contributed by atoms with Gasteiger partial charge < -0.3 is 10.2 Å². The molecule has 0 saturated carbocycles. The molecule has 114 valence electrons. The predicted molar refractivity (Wildman–Crippen MR) is 89.2 cm³/mol. The molecule has 5 nitrogen and oxygen atoms in total. The van der Waals surface area contributed by atoms with E-state index in [1.807, 2.05) is 30.3 Å². The second kappa shape index (κ2) is 7.56. The molecule has 6 heteroatoms. The lowest BCUT2D eigenvalue weighted by molar-refractivity contribution is 0.671.